The van der Waals surface area contributed by atoms with Crippen molar-refractivity contribution in [2.24, 2.45) is 5.73 Å². The summed E-state index contributed by atoms with van der Waals surface area (Å²) in [6, 6.07) is 1.45. The Morgan fingerprint density at radius 3 is 2.73 bits per heavy atom. The van der Waals surface area contributed by atoms with E-state index in [2.05, 4.69) is 15.2 Å². The zero-order valence-electron chi connectivity index (χ0n) is 14.0. The number of hydrogen-bond acceptors (Lipinski definition) is 6. The van der Waals surface area contributed by atoms with Crippen molar-refractivity contribution in [2.45, 2.75) is 32.1 Å². The lowest BCUT2D eigenvalue weighted by Gasteiger charge is -2.33. The first kappa shape index (κ1) is 16.8. The molecule has 138 valence electrons. The van der Waals surface area contributed by atoms with Crippen LogP contribution in [0.1, 0.15) is 18.2 Å². The number of halogens is 3. The van der Waals surface area contributed by atoms with Crippen LogP contribution in [-0.2, 0) is 6.54 Å². The summed E-state index contributed by atoms with van der Waals surface area (Å²) in [5, 5.41) is 7.72. The molecule has 0 spiro atoms. The highest BCUT2D eigenvalue weighted by atomic mass is 19.2. The van der Waals surface area contributed by atoms with E-state index in [0.717, 1.165) is 12.1 Å². The summed E-state index contributed by atoms with van der Waals surface area (Å²) in [6.07, 6.45) is -0.829. The number of imidazole rings is 1. The molecule has 0 aliphatic carbocycles. The lowest BCUT2D eigenvalue weighted by atomic mass is 10.1. The number of rotatable bonds is 3. The third kappa shape index (κ3) is 2.90. The average Bonchev–Trinajstić information content (AvgIpc) is 3.15. The summed E-state index contributed by atoms with van der Waals surface area (Å²) in [5.41, 5.74) is 6.50. The molecule has 1 aliphatic heterocycles. The fraction of sp³-hybridized carbons (Fsp3) is 0.438. The monoisotopic (exact) mass is 366 g/mol. The molecule has 7 nitrogen and oxygen atoms in total. The van der Waals surface area contributed by atoms with E-state index in [4.69, 9.17) is 10.2 Å². The normalized spacial score (nSPS) is 20.9. The van der Waals surface area contributed by atoms with Crippen molar-refractivity contribution in [1.82, 2.24) is 19.7 Å². The highest BCUT2D eigenvalue weighted by Crippen LogP contribution is 2.28. The van der Waals surface area contributed by atoms with Gasteiger partial charge in [-0.1, -0.05) is 0 Å². The molecule has 0 amide bonds. The average molecular weight is 366 g/mol. The molecule has 0 radical (unpaired) electrons. The second kappa shape index (κ2) is 6.27. The second-order valence-electron chi connectivity index (χ2n) is 6.38. The fourth-order valence-electron chi connectivity index (χ4n) is 3.18. The summed E-state index contributed by atoms with van der Waals surface area (Å²) in [4.78, 5) is 6.22. The number of nitrogens with zero attached hydrogens (tertiary/aromatic N) is 5. The highest BCUT2D eigenvalue weighted by molar-refractivity contribution is 5.79. The lowest BCUT2D eigenvalue weighted by molar-refractivity contribution is 0.243. The molecule has 3 heterocycles. The van der Waals surface area contributed by atoms with E-state index < -0.39 is 23.8 Å². The first-order valence-electron chi connectivity index (χ1n) is 8.21. The van der Waals surface area contributed by atoms with Gasteiger partial charge in [0.2, 0.25) is 17.7 Å². The molecule has 2 aromatic heterocycles. The Morgan fingerprint density at radius 2 is 2.04 bits per heavy atom. The van der Waals surface area contributed by atoms with Gasteiger partial charge in [0.25, 0.3) is 0 Å². The summed E-state index contributed by atoms with van der Waals surface area (Å²) in [6.45, 7) is 2.43. The quantitative estimate of drug-likeness (QED) is 0.762. The van der Waals surface area contributed by atoms with Gasteiger partial charge >= 0.3 is 0 Å². The highest BCUT2D eigenvalue weighted by Gasteiger charge is 2.29. The zero-order chi connectivity index (χ0) is 18.4. The van der Waals surface area contributed by atoms with Crippen molar-refractivity contribution >= 4 is 17.0 Å². The summed E-state index contributed by atoms with van der Waals surface area (Å²) in [5.74, 6) is -0.836. The van der Waals surface area contributed by atoms with Crippen molar-refractivity contribution in [3.05, 3.63) is 35.5 Å². The molecule has 0 unspecified atom stereocenters. The van der Waals surface area contributed by atoms with Crippen LogP contribution in [0.4, 0.5) is 19.1 Å². The summed E-state index contributed by atoms with van der Waals surface area (Å²) < 4.78 is 48.2. The topological polar surface area (TPSA) is 86.0 Å². The molecule has 2 atom stereocenters. The number of nitrogens with two attached hydrogens (primary N) is 1. The van der Waals surface area contributed by atoms with Gasteiger partial charge in [0.1, 0.15) is 12.7 Å². The van der Waals surface area contributed by atoms with E-state index >= 15 is 0 Å². The molecule has 1 aromatic carbocycles. The molecular formula is C16H17F3N6O. The van der Waals surface area contributed by atoms with E-state index in [1.54, 1.807) is 16.4 Å². The van der Waals surface area contributed by atoms with Crippen LogP contribution in [0.5, 0.6) is 0 Å². The molecule has 1 aliphatic rings. The summed E-state index contributed by atoms with van der Waals surface area (Å²) >= 11 is 0. The number of piperidine rings is 1. The number of fused-ring (bicyclic) bond motifs is 1. The minimum Gasteiger partial charge on any atom is -0.424 e. The molecule has 10 heteroatoms. The van der Waals surface area contributed by atoms with Crippen molar-refractivity contribution in [3.63, 3.8) is 0 Å². The Balaban J connectivity index is 1.81. The number of aryl methyl sites for hydroxylation is 1. The molecular weight excluding hydrogens is 349 g/mol. The van der Waals surface area contributed by atoms with E-state index in [1.807, 2.05) is 0 Å². The van der Waals surface area contributed by atoms with Crippen molar-refractivity contribution in [1.29, 1.82) is 0 Å². The zero-order valence-corrected chi connectivity index (χ0v) is 14.0. The molecule has 0 saturated carbocycles. The van der Waals surface area contributed by atoms with Crippen LogP contribution in [0.3, 0.4) is 0 Å². The van der Waals surface area contributed by atoms with Gasteiger partial charge < -0.3 is 19.6 Å². The lowest BCUT2D eigenvalue weighted by Crippen LogP contribution is -2.50. The van der Waals surface area contributed by atoms with E-state index in [0.29, 0.717) is 29.8 Å². The maximum atomic E-state index is 13.8. The van der Waals surface area contributed by atoms with Gasteiger partial charge in [0.05, 0.1) is 17.1 Å². The van der Waals surface area contributed by atoms with Crippen molar-refractivity contribution in [3.8, 4) is 0 Å². The minimum atomic E-state index is -1.09. The van der Waals surface area contributed by atoms with Gasteiger partial charge in [-0.3, -0.25) is 0 Å². The number of hydrogen-bond donors (Lipinski definition) is 1. The largest absolute Gasteiger partial charge is 0.424 e. The van der Waals surface area contributed by atoms with Gasteiger partial charge in [0.15, 0.2) is 11.6 Å². The van der Waals surface area contributed by atoms with Gasteiger partial charge in [0, 0.05) is 32.1 Å². The van der Waals surface area contributed by atoms with Gasteiger partial charge in [-0.25, -0.2) is 18.2 Å². The van der Waals surface area contributed by atoms with Crippen LogP contribution in [0, 0.1) is 18.6 Å². The van der Waals surface area contributed by atoms with Crippen LogP contribution in [0.15, 0.2) is 16.5 Å². The van der Waals surface area contributed by atoms with Crippen LogP contribution >= 0.6 is 0 Å². The van der Waals surface area contributed by atoms with Crippen LogP contribution < -0.4 is 10.6 Å². The van der Waals surface area contributed by atoms with E-state index in [1.165, 1.54) is 0 Å². The Hall–Kier alpha value is -2.62. The number of anilines is 1. The Labute approximate surface area is 146 Å². The second-order valence-corrected chi connectivity index (χ2v) is 6.38. The first-order chi connectivity index (χ1) is 12.4. The van der Waals surface area contributed by atoms with Crippen molar-refractivity contribution < 1.29 is 17.6 Å². The Morgan fingerprint density at radius 1 is 1.27 bits per heavy atom. The van der Waals surface area contributed by atoms with Crippen LogP contribution in [0.2, 0.25) is 0 Å². The van der Waals surface area contributed by atoms with Gasteiger partial charge in [-0.15, -0.1) is 10.2 Å². The third-order valence-electron chi connectivity index (χ3n) is 4.48. The molecule has 2 N–H and O–H groups in total. The summed E-state index contributed by atoms with van der Waals surface area (Å²) in [7, 11) is 0. The Kier molecular flexibility index (Phi) is 4.06. The smallest absolute Gasteiger partial charge is 0.236 e. The predicted octanol–water partition coefficient (Wildman–Crippen LogP) is 1.93. The Bertz CT molecular complexity index is 955. The van der Waals surface area contributed by atoms with E-state index in [-0.39, 0.29) is 25.0 Å². The molecule has 1 fully saturated rings. The predicted molar refractivity (Wildman–Crippen MR) is 87.5 cm³/mol. The first-order valence-corrected chi connectivity index (χ1v) is 8.21. The molecule has 1 saturated heterocycles. The molecule has 4 rings (SSSR count). The van der Waals surface area contributed by atoms with E-state index in [9.17, 15) is 13.2 Å². The minimum absolute atomic E-state index is 0.128. The van der Waals surface area contributed by atoms with Crippen LogP contribution in [0.25, 0.3) is 11.0 Å². The van der Waals surface area contributed by atoms with Gasteiger partial charge in [-0.2, -0.15) is 0 Å². The number of aromatic nitrogens is 4. The fourth-order valence-corrected chi connectivity index (χ4v) is 3.18. The standard InChI is InChI=1S/C16H17F3N6O/c1-8-22-23-15(26-8)7-25-14-5-11(19)10(18)4-13(14)21-16(25)24-3-2-9(17)12(20)6-24/h4-5,9,12H,2-3,6-7,20H2,1H3/t9-,12-/m1/s1. The number of alkyl halides is 1. The van der Waals surface area contributed by atoms with Gasteiger partial charge in [-0.05, 0) is 6.42 Å². The third-order valence-corrected chi connectivity index (χ3v) is 4.48. The molecule has 0 bridgehead atoms. The van der Waals surface area contributed by atoms with Crippen LogP contribution in [-0.4, -0.2) is 45.1 Å². The number of benzene rings is 1. The van der Waals surface area contributed by atoms with Crippen molar-refractivity contribution in [2.75, 3.05) is 18.0 Å². The maximum absolute atomic E-state index is 13.8. The molecule has 3 aromatic rings. The maximum Gasteiger partial charge on any atom is 0.236 e. The SMILES string of the molecule is Cc1nnc(Cn2c(N3CC[C@@H](F)[C@H](N)C3)nc3cc(F)c(F)cc32)o1. The molecule has 26 heavy (non-hydrogen) atoms.